The van der Waals surface area contributed by atoms with E-state index in [2.05, 4.69) is 29.2 Å². The number of fused-ring (bicyclic) bond motifs is 1. The molecule has 5 rings (SSSR count). The number of carbonyl (C=O) groups is 1. The maximum atomic E-state index is 13.8. The highest BCUT2D eigenvalue weighted by Gasteiger charge is 2.26. The minimum absolute atomic E-state index is 0.0211. The van der Waals surface area contributed by atoms with Crippen molar-refractivity contribution in [3.8, 4) is 0 Å². The van der Waals surface area contributed by atoms with Gasteiger partial charge >= 0.3 is 0 Å². The van der Waals surface area contributed by atoms with E-state index in [0.29, 0.717) is 22.5 Å². The summed E-state index contributed by atoms with van der Waals surface area (Å²) in [5.74, 6) is 0.554. The number of benzene rings is 4. The first kappa shape index (κ1) is 30.7. The minimum Gasteiger partial charge on any atom is -0.341 e. The van der Waals surface area contributed by atoms with Crippen molar-refractivity contribution >= 4 is 50.7 Å². The standard InChI is InChI=1S/C35H38Cl2N2O2S/c1-24-20-27-8-4-5-9-29(27)31(21-24)35(40)38(2)23-28(26-12-13-32(36)33(37)22-26)16-19-39-17-14-25(15-18-39)30-10-6-7-11-34(30)42(3)41/h4-13,20-22,25,28H,14-19,23H2,1-3H3/t28-,42?/m1/s1. The number of amides is 1. The number of hydrogen-bond acceptors (Lipinski definition) is 3. The van der Waals surface area contributed by atoms with E-state index in [0.717, 1.165) is 71.3 Å². The third kappa shape index (κ3) is 7.08. The molecule has 2 atom stereocenters. The van der Waals surface area contributed by atoms with E-state index in [-0.39, 0.29) is 11.8 Å². The van der Waals surface area contributed by atoms with Crippen LogP contribution in [-0.4, -0.2) is 59.4 Å². The van der Waals surface area contributed by atoms with Gasteiger partial charge in [-0.25, -0.2) is 0 Å². The quantitative estimate of drug-likeness (QED) is 0.189. The predicted molar refractivity (Wildman–Crippen MR) is 177 cm³/mol. The lowest BCUT2D eigenvalue weighted by Gasteiger charge is -2.34. The summed E-state index contributed by atoms with van der Waals surface area (Å²) in [6.45, 7) is 5.52. The third-order valence-electron chi connectivity index (χ3n) is 8.54. The second kappa shape index (κ2) is 13.7. The first-order valence-corrected chi connectivity index (χ1v) is 16.9. The molecule has 220 valence electrons. The number of hydrogen-bond donors (Lipinski definition) is 0. The molecule has 1 aliphatic heterocycles. The highest BCUT2D eigenvalue weighted by atomic mass is 35.5. The maximum absolute atomic E-state index is 13.8. The molecule has 1 fully saturated rings. The molecule has 4 aromatic carbocycles. The molecule has 1 unspecified atom stereocenters. The summed E-state index contributed by atoms with van der Waals surface area (Å²) in [7, 11) is 0.909. The van der Waals surface area contributed by atoms with E-state index >= 15 is 0 Å². The van der Waals surface area contributed by atoms with E-state index < -0.39 is 10.8 Å². The SMILES string of the molecule is Cc1cc(C(=O)N(C)C[C@@H](CCN2CCC(c3ccccc3S(C)=O)CC2)c2ccc(Cl)c(Cl)c2)c2ccccc2c1. The van der Waals surface area contributed by atoms with Crippen LogP contribution in [0.2, 0.25) is 10.0 Å². The van der Waals surface area contributed by atoms with Crippen molar-refractivity contribution in [2.24, 2.45) is 0 Å². The molecule has 0 N–H and O–H groups in total. The largest absolute Gasteiger partial charge is 0.341 e. The normalized spacial score (nSPS) is 15.9. The summed E-state index contributed by atoms with van der Waals surface area (Å²) in [6.07, 6.45) is 4.75. The third-order valence-corrected chi connectivity index (χ3v) is 10.3. The van der Waals surface area contributed by atoms with Gasteiger partial charge < -0.3 is 9.80 Å². The fourth-order valence-electron chi connectivity index (χ4n) is 6.27. The van der Waals surface area contributed by atoms with Crippen molar-refractivity contribution in [3.05, 3.63) is 111 Å². The Labute approximate surface area is 262 Å². The van der Waals surface area contributed by atoms with Crippen LogP contribution in [0.3, 0.4) is 0 Å². The Morgan fingerprint density at radius 2 is 1.69 bits per heavy atom. The van der Waals surface area contributed by atoms with Crippen LogP contribution >= 0.6 is 23.2 Å². The molecule has 1 amide bonds. The zero-order valence-corrected chi connectivity index (χ0v) is 26.8. The summed E-state index contributed by atoms with van der Waals surface area (Å²) >= 11 is 12.7. The van der Waals surface area contributed by atoms with Crippen LogP contribution in [0.1, 0.15) is 58.1 Å². The molecule has 42 heavy (non-hydrogen) atoms. The molecular weight excluding hydrogens is 583 g/mol. The molecule has 0 bridgehead atoms. The van der Waals surface area contributed by atoms with Gasteiger partial charge in [0.1, 0.15) is 0 Å². The summed E-state index contributed by atoms with van der Waals surface area (Å²) < 4.78 is 12.3. The van der Waals surface area contributed by atoms with E-state index in [1.807, 2.05) is 73.5 Å². The van der Waals surface area contributed by atoms with Gasteiger partial charge in [-0.05, 0) is 103 Å². The first-order valence-electron chi connectivity index (χ1n) is 14.6. The van der Waals surface area contributed by atoms with Crippen molar-refractivity contribution in [2.45, 2.75) is 42.9 Å². The van der Waals surface area contributed by atoms with Gasteiger partial charge in [0.05, 0.1) is 20.8 Å². The number of carbonyl (C=O) groups excluding carboxylic acids is 1. The molecule has 1 saturated heterocycles. The lowest BCUT2D eigenvalue weighted by atomic mass is 9.88. The van der Waals surface area contributed by atoms with Crippen LogP contribution in [0.4, 0.5) is 0 Å². The highest BCUT2D eigenvalue weighted by Crippen LogP contribution is 2.33. The first-order chi connectivity index (χ1) is 20.2. The van der Waals surface area contributed by atoms with Crippen LogP contribution < -0.4 is 0 Å². The lowest BCUT2D eigenvalue weighted by Crippen LogP contribution is -2.36. The molecule has 0 spiro atoms. The smallest absolute Gasteiger partial charge is 0.254 e. The Morgan fingerprint density at radius 1 is 0.976 bits per heavy atom. The summed E-state index contributed by atoms with van der Waals surface area (Å²) in [5, 5.41) is 3.12. The van der Waals surface area contributed by atoms with Gasteiger partial charge in [-0.2, -0.15) is 0 Å². The zero-order valence-electron chi connectivity index (χ0n) is 24.5. The molecule has 4 nitrogen and oxygen atoms in total. The second-order valence-electron chi connectivity index (χ2n) is 11.5. The minimum atomic E-state index is -0.985. The molecular formula is C35H38Cl2N2O2S. The fourth-order valence-corrected chi connectivity index (χ4v) is 7.42. The van der Waals surface area contributed by atoms with Gasteiger partial charge in [0.25, 0.3) is 5.91 Å². The summed E-state index contributed by atoms with van der Waals surface area (Å²) in [6, 6.07) is 26.2. The number of rotatable bonds is 9. The topological polar surface area (TPSA) is 40.6 Å². The van der Waals surface area contributed by atoms with Crippen LogP contribution in [0.15, 0.2) is 83.8 Å². The van der Waals surface area contributed by atoms with Crippen molar-refractivity contribution in [3.63, 3.8) is 0 Å². The average Bonchev–Trinajstić information content (AvgIpc) is 3.00. The molecule has 0 saturated carbocycles. The lowest BCUT2D eigenvalue weighted by molar-refractivity contribution is 0.0783. The molecule has 0 aliphatic carbocycles. The average molecular weight is 622 g/mol. The van der Waals surface area contributed by atoms with Crippen LogP contribution in [-0.2, 0) is 10.8 Å². The van der Waals surface area contributed by atoms with Gasteiger partial charge in [0.15, 0.2) is 0 Å². The summed E-state index contributed by atoms with van der Waals surface area (Å²) in [4.78, 5) is 19.1. The highest BCUT2D eigenvalue weighted by molar-refractivity contribution is 7.84. The van der Waals surface area contributed by atoms with Crippen molar-refractivity contribution in [2.75, 3.05) is 39.5 Å². The Hall–Kier alpha value is -2.70. The number of nitrogens with zero attached hydrogens (tertiary/aromatic N) is 2. The molecule has 0 radical (unpaired) electrons. The monoisotopic (exact) mass is 620 g/mol. The van der Waals surface area contributed by atoms with Crippen LogP contribution in [0, 0.1) is 6.92 Å². The molecule has 4 aromatic rings. The van der Waals surface area contributed by atoms with Crippen molar-refractivity contribution in [1.82, 2.24) is 9.80 Å². The second-order valence-corrected chi connectivity index (χ2v) is 13.6. The van der Waals surface area contributed by atoms with E-state index in [1.165, 1.54) is 5.56 Å². The molecule has 1 heterocycles. The number of halogens is 2. The number of likely N-dealkylation sites (N-methyl/N-ethyl adjacent to an activating group) is 1. The van der Waals surface area contributed by atoms with E-state index in [4.69, 9.17) is 23.2 Å². The van der Waals surface area contributed by atoms with Crippen LogP contribution in [0.25, 0.3) is 10.8 Å². The Kier molecular flexibility index (Phi) is 10.1. The Morgan fingerprint density at radius 3 is 2.43 bits per heavy atom. The van der Waals surface area contributed by atoms with Gasteiger partial charge in [0, 0.05) is 36.2 Å². The number of piperidine rings is 1. The molecule has 0 aromatic heterocycles. The van der Waals surface area contributed by atoms with Crippen molar-refractivity contribution < 1.29 is 9.00 Å². The van der Waals surface area contributed by atoms with Crippen molar-refractivity contribution in [1.29, 1.82) is 0 Å². The van der Waals surface area contributed by atoms with Crippen LogP contribution in [0.5, 0.6) is 0 Å². The maximum Gasteiger partial charge on any atom is 0.254 e. The fraction of sp³-hybridized carbons (Fsp3) is 0.343. The Balaban J connectivity index is 1.29. The number of aryl methyl sites for hydroxylation is 1. The van der Waals surface area contributed by atoms with Gasteiger partial charge in [-0.15, -0.1) is 0 Å². The molecule has 7 heteroatoms. The number of likely N-dealkylation sites (tertiary alicyclic amines) is 1. The zero-order chi connectivity index (χ0) is 29.8. The van der Waals surface area contributed by atoms with E-state index in [1.54, 1.807) is 6.26 Å². The Bertz CT molecular complexity index is 1600. The molecule has 1 aliphatic rings. The van der Waals surface area contributed by atoms with Gasteiger partial charge in [-0.3, -0.25) is 9.00 Å². The van der Waals surface area contributed by atoms with E-state index in [9.17, 15) is 9.00 Å². The van der Waals surface area contributed by atoms with Gasteiger partial charge in [-0.1, -0.05) is 77.8 Å². The predicted octanol–water partition coefficient (Wildman–Crippen LogP) is 8.32. The summed E-state index contributed by atoms with van der Waals surface area (Å²) in [5.41, 5.74) is 4.13. The van der Waals surface area contributed by atoms with Gasteiger partial charge in [0.2, 0.25) is 0 Å².